The number of benzene rings is 2. The number of carbonyl (C=O) groups excluding carboxylic acids is 2. The normalized spacial score (nSPS) is 10.1. The molecule has 0 aromatic heterocycles. The first-order chi connectivity index (χ1) is 12.0. The first-order valence-corrected chi connectivity index (χ1v) is 8.05. The number of hydrogen-bond donors (Lipinski definition) is 0. The molecule has 6 nitrogen and oxygen atoms in total. The highest BCUT2D eigenvalue weighted by atomic mass is 79.9. The third kappa shape index (κ3) is 4.51. The minimum absolute atomic E-state index is 0.268. The van der Waals surface area contributed by atoms with E-state index in [1.54, 1.807) is 24.3 Å². The van der Waals surface area contributed by atoms with Gasteiger partial charge in [0.05, 0.1) is 32.5 Å². The molecule has 0 unspecified atom stereocenters. The van der Waals surface area contributed by atoms with Crippen LogP contribution < -0.4 is 14.2 Å². The summed E-state index contributed by atoms with van der Waals surface area (Å²) in [4.78, 5) is 24.6. The van der Waals surface area contributed by atoms with Crippen LogP contribution in [0.15, 0.2) is 40.9 Å². The van der Waals surface area contributed by atoms with Gasteiger partial charge >= 0.3 is 5.97 Å². The summed E-state index contributed by atoms with van der Waals surface area (Å²) in [6.45, 7) is -0.425. The number of hydrogen-bond acceptors (Lipinski definition) is 6. The van der Waals surface area contributed by atoms with Gasteiger partial charge in [-0.3, -0.25) is 4.79 Å². The topological polar surface area (TPSA) is 71.1 Å². The second-order valence-corrected chi connectivity index (χ2v) is 5.77. The molecule has 7 heteroatoms. The van der Waals surface area contributed by atoms with Gasteiger partial charge in [-0.05, 0) is 52.3 Å². The molecule has 0 amide bonds. The van der Waals surface area contributed by atoms with Crippen molar-refractivity contribution in [1.82, 2.24) is 0 Å². The first-order valence-electron chi connectivity index (χ1n) is 7.26. The molecule has 0 aliphatic carbocycles. The highest BCUT2D eigenvalue weighted by Gasteiger charge is 2.18. The van der Waals surface area contributed by atoms with Gasteiger partial charge in [0.2, 0.25) is 5.78 Å². The minimum Gasteiger partial charge on any atom is -0.497 e. The lowest BCUT2D eigenvalue weighted by Gasteiger charge is -2.11. The first kappa shape index (κ1) is 18.8. The lowest BCUT2D eigenvalue weighted by atomic mass is 10.1. The third-order valence-electron chi connectivity index (χ3n) is 3.43. The van der Waals surface area contributed by atoms with Crippen LogP contribution in [0, 0.1) is 0 Å². The molecule has 0 fully saturated rings. The molecular weight excluding hydrogens is 392 g/mol. The summed E-state index contributed by atoms with van der Waals surface area (Å²) in [5.74, 6) is 0.357. The molecule has 0 radical (unpaired) electrons. The van der Waals surface area contributed by atoms with E-state index in [0.29, 0.717) is 21.7 Å². The van der Waals surface area contributed by atoms with Crippen LogP contribution in [0.25, 0.3) is 0 Å². The van der Waals surface area contributed by atoms with Crippen LogP contribution in [0.2, 0.25) is 0 Å². The molecule has 0 bridgehead atoms. The van der Waals surface area contributed by atoms with E-state index in [9.17, 15) is 9.59 Å². The van der Waals surface area contributed by atoms with Crippen molar-refractivity contribution >= 4 is 27.7 Å². The molecule has 0 saturated heterocycles. The molecule has 0 heterocycles. The fourth-order valence-electron chi connectivity index (χ4n) is 2.11. The summed E-state index contributed by atoms with van der Waals surface area (Å²) >= 11 is 3.28. The molecule has 2 aromatic carbocycles. The summed E-state index contributed by atoms with van der Waals surface area (Å²) < 4.78 is 21.0. The van der Waals surface area contributed by atoms with Gasteiger partial charge in [0.15, 0.2) is 6.61 Å². The minimum atomic E-state index is -0.638. The van der Waals surface area contributed by atoms with Crippen LogP contribution >= 0.6 is 15.9 Å². The van der Waals surface area contributed by atoms with E-state index in [0.717, 1.165) is 0 Å². The van der Waals surface area contributed by atoms with E-state index >= 15 is 0 Å². The molecule has 0 spiro atoms. The van der Waals surface area contributed by atoms with E-state index in [1.807, 2.05) is 0 Å². The van der Waals surface area contributed by atoms with Crippen molar-refractivity contribution in [2.24, 2.45) is 0 Å². The average Bonchev–Trinajstić information content (AvgIpc) is 2.65. The molecule has 0 atom stereocenters. The zero-order chi connectivity index (χ0) is 18.4. The molecule has 132 valence electrons. The van der Waals surface area contributed by atoms with Crippen molar-refractivity contribution < 1.29 is 28.5 Å². The SMILES string of the molecule is COc1ccc(Br)c(C(=O)OCC(=O)c2cc(OC)ccc2OC)c1. The van der Waals surface area contributed by atoms with Crippen molar-refractivity contribution in [1.29, 1.82) is 0 Å². The van der Waals surface area contributed by atoms with Gasteiger partial charge in [0.1, 0.15) is 17.2 Å². The fraction of sp³-hybridized carbons (Fsp3) is 0.222. The van der Waals surface area contributed by atoms with Gasteiger partial charge < -0.3 is 18.9 Å². The highest BCUT2D eigenvalue weighted by Crippen LogP contribution is 2.25. The smallest absolute Gasteiger partial charge is 0.339 e. The summed E-state index contributed by atoms with van der Waals surface area (Å²) in [6.07, 6.45) is 0. The standard InChI is InChI=1S/C18H17BrO6/c1-22-11-4-6-15(19)13(8-11)18(21)25-10-16(20)14-9-12(23-2)5-7-17(14)24-3/h4-9H,10H2,1-3H3. The van der Waals surface area contributed by atoms with E-state index in [1.165, 1.54) is 33.5 Å². The molecule has 2 aromatic rings. The number of Topliss-reactive ketones (excluding diaryl/α,β-unsaturated/α-hetero) is 1. The average molecular weight is 409 g/mol. The Balaban J connectivity index is 2.13. The molecule has 0 aliphatic heterocycles. The second-order valence-electron chi connectivity index (χ2n) is 4.91. The van der Waals surface area contributed by atoms with Gasteiger partial charge in [-0.1, -0.05) is 0 Å². The molecule has 0 saturated carbocycles. The van der Waals surface area contributed by atoms with Crippen molar-refractivity contribution in [2.45, 2.75) is 0 Å². The monoisotopic (exact) mass is 408 g/mol. The largest absolute Gasteiger partial charge is 0.497 e. The Kier molecular flexibility index (Phi) is 6.41. The van der Waals surface area contributed by atoms with Crippen LogP contribution in [0.5, 0.6) is 17.2 Å². The summed E-state index contributed by atoms with van der Waals surface area (Å²) in [7, 11) is 4.45. The van der Waals surface area contributed by atoms with Crippen LogP contribution in [-0.2, 0) is 4.74 Å². The van der Waals surface area contributed by atoms with Crippen molar-refractivity contribution in [3.8, 4) is 17.2 Å². The van der Waals surface area contributed by atoms with Gasteiger partial charge in [-0.25, -0.2) is 4.79 Å². The van der Waals surface area contributed by atoms with E-state index in [4.69, 9.17) is 18.9 Å². The molecule has 0 N–H and O–H groups in total. The maximum Gasteiger partial charge on any atom is 0.339 e. The van der Waals surface area contributed by atoms with E-state index in [2.05, 4.69) is 15.9 Å². The Morgan fingerprint density at radius 2 is 1.48 bits per heavy atom. The quantitative estimate of drug-likeness (QED) is 0.515. The number of methoxy groups -OCH3 is 3. The second kappa shape index (κ2) is 8.53. The summed E-state index contributed by atoms with van der Waals surface area (Å²) in [5.41, 5.74) is 0.545. The van der Waals surface area contributed by atoms with Crippen molar-refractivity contribution in [3.05, 3.63) is 52.0 Å². The van der Waals surface area contributed by atoms with Gasteiger partial charge in [0, 0.05) is 4.47 Å². The Morgan fingerprint density at radius 1 is 0.880 bits per heavy atom. The maximum absolute atomic E-state index is 12.4. The van der Waals surface area contributed by atoms with Crippen LogP contribution in [0.1, 0.15) is 20.7 Å². The number of halogens is 1. The predicted octanol–water partition coefficient (Wildman–Crippen LogP) is 3.51. The summed E-state index contributed by atoms with van der Waals surface area (Å²) in [5, 5.41) is 0. The zero-order valence-corrected chi connectivity index (χ0v) is 15.6. The number of ether oxygens (including phenoxy) is 4. The third-order valence-corrected chi connectivity index (χ3v) is 4.13. The highest BCUT2D eigenvalue weighted by molar-refractivity contribution is 9.10. The van der Waals surface area contributed by atoms with Gasteiger partial charge in [-0.2, -0.15) is 0 Å². The Hall–Kier alpha value is -2.54. The number of carbonyl (C=O) groups is 2. The number of esters is 1. The van der Waals surface area contributed by atoms with Crippen molar-refractivity contribution in [2.75, 3.05) is 27.9 Å². The number of rotatable bonds is 7. The van der Waals surface area contributed by atoms with E-state index < -0.39 is 18.4 Å². The van der Waals surface area contributed by atoms with Crippen LogP contribution in [-0.4, -0.2) is 39.7 Å². The van der Waals surface area contributed by atoms with E-state index in [-0.39, 0.29) is 11.1 Å². The van der Waals surface area contributed by atoms with Crippen LogP contribution in [0.3, 0.4) is 0 Å². The lowest BCUT2D eigenvalue weighted by Crippen LogP contribution is -2.15. The molecule has 0 aliphatic rings. The predicted molar refractivity (Wildman–Crippen MR) is 94.9 cm³/mol. The fourth-order valence-corrected chi connectivity index (χ4v) is 2.51. The van der Waals surface area contributed by atoms with Gasteiger partial charge in [0.25, 0.3) is 0 Å². The number of ketones is 1. The zero-order valence-electron chi connectivity index (χ0n) is 14.0. The molecule has 2 rings (SSSR count). The lowest BCUT2D eigenvalue weighted by molar-refractivity contribution is 0.0472. The summed E-state index contributed by atoms with van der Waals surface area (Å²) in [6, 6.07) is 9.73. The van der Waals surface area contributed by atoms with Gasteiger partial charge in [-0.15, -0.1) is 0 Å². The van der Waals surface area contributed by atoms with Crippen LogP contribution in [0.4, 0.5) is 0 Å². The maximum atomic E-state index is 12.4. The van der Waals surface area contributed by atoms with Crippen molar-refractivity contribution in [3.63, 3.8) is 0 Å². The Bertz CT molecular complexity index is 787. The molecule has 25 heavy (non-hydrogen) atoms. The Morgan fingerprint density at radius 3 is 2.08 bits per heavy atom. The Labute approximate surface area is 153 Å². The molecular formula is C18H17BrO6.